The number of halogens is 2. The zero-order chi connectivity index (χ0) is 13.2. The molecule has 1 rings (SSSR count). The molecule has 2 nitrogen and oxygen atoms in total. The highest BCUT2D eigenvalue weighted by molar-refractivity contribution is 6.35. The molecule has 1 N–H and O–H groups in total. The molecule has 0 amide bonds. The first-order valence-electron chi connectivity index (χ1n) is 5.36. The second-order valence-electron chi connectivity index (χ2n) is 5.15. The van der Waals surface area contributed by atoms with Gasteiger partial charge in [-0.05, 0) is 23.1 Å². The third kappa shape index (κ3) is 3.98. The van der Waals surface area contributed by atoms with Crippen molar-refractivity contribution in [2.24, 2.45) is 5.41 Å². The van der Waals surface area contributed by atoms with Crippen molar-refractivity contribution >= 4 is 29.0 Å². The molecule has 0 aliphatic rings. The number of ketones is 1. The van der Waals surface area contributed by atoms with Crippen molar-refractivity contribution in [3.8, 4) is 0 Å². The summed E-state index contributed by atoms with van der Waals surface area (Å²) in [5.74, 6) is -0.235. The van der Waals surface area contributed by atoms with E-state index >= 15 is 0 Å². The van der Waals surface area contributed by atoms with Gasteiger partial charge in [0, 0.05) is 16.5 Å². The van der Waals surface area contributed by atoms with Crippen molar-refractivity contribution in [1.82, 2.24) is 0 Å². The normalized spacial score (nSPS) is 13.5. The molecule has 0 fully saturated rings. The van der Waals surface area contributed by atoms with E-state index in [4.69, 9.17) is 23.2 Å². The summed E-state index contributed by atoms with van der Waals surface area (Å²) < 4.78 is 0. The van der Waals surface area contributed by atoms with Gasteiger partial charge in [-0.3, -0.25) is 4.79 Å². The predicted molar refractivity (Wildman–Crippen MR) is 70.6 cm³/mol. The minimum absolute atomic E-state index is 0.119. The van der Waals surface area contributed by atoms with Crippen LogP contribution < -0.4 is 0 Å². The van der Waals surface area contributed by atoms with Gasteiger partial charge in [-0.1, -0.05) is 50.0 Å². The lowest BCUT2D eigenvalue weighted by Gasteiger charge is -2.24. The van der Waals surface area contributed by atoms with Crippen LogP contribution in [-0.4, -0.2) is 17.0 Å². The van der Waals surface area contributed by atoms with Crippen molar-refractivity contribution < 1.29 is 9.90 Å². The first-order chi connectivity index (χ1) is 7.71. The molecule has 0 saturated carbocycles. The Labute approximate surface area is 112 Å². The number of aliphatic hydroxyl groups is 1. The fourth-order valence-corrected chi connectivity index (χ4v) is 1.91. The Hall–Kier alpha value is -0.570. The number of hydrogen-bond acceptors (Lipinski definition) is 2. The van der Waals surface area contributed by atoms with E-state index < -0.39 is 11.5 Å². The zero-order valence-corrected chi connectivity index (χ0v) is 11.6. The van der Waals surface area contributed by atoms with Crippen molar-refractivity contribution in [3.05, 3.63) is 33.8 Å². The molecular formula is C13H16Cl2O2. The molecule has 4 heteroatoms. The molecule has 1 unspecified atom stereocenters. The summed E-state index contributed by atoms with van der Waals surface area (Å²) in [6.45, 7) is 5.46. The molecule has 0 saturated heterocycles. The van der Waals surface area contributed by atoms with E-state index in [0.29, 0.717) is 15.6 Å². The minimum Gasteiger partial charge on any atom is -0.385 e. The van der Waals surface area contributed by atoms with Crippen LogP contribution in [0.25, 0.3) is 0 Å². The van der Waals surface area contributed by atoms with Crippen molar-refractivity contribution in [2.45, 2.75) is 33.3 Å². The van der Waals surface area contributed by atoms with E-state index in [1.807, 2.05) is 20.8 Å². The molecule has 94 valence electrons. The quantitative estimate of drug-likeness (QED) is 0.916. The van der Waals surface area contributed by atoms with Crippen LogP contribution in [0.15, 0.2) is 18.2 Å². The molecule has 0 heterocycles. The van der Waals surface area contributed by atoms with E-state index in [-0.39, 0.29) is 12.2 Å². The minimum atomic E-state index is -0.991. The van der Waals surface area contributed by atoms with Crippen molar-refractivity contribution in [3.63, 3.8) is 0 Å². The van der Waals surface area contributed by atoms with Gasteiger partial charge in [0.05, 0.1) is 0 Å². The smallest absolute Gasteiger partial charge is 0.166 e. The highest BCUT2D eigenvalue weighted by Gasteiger charge is 2.28. The Morgan fingerprint density at radius 2 is 1.94 bits per heavy atom. The van der Waals surface area contributed by atoms with Gasteiger partial charge in [0.2, 0.25) is 0 Å². The number of carbonyl (C=O) groups is 1. The lowest BCUT2D eigenvalue weighted by atomic mass is 9.85. The number of Topliss-reactive ketones (excluding diaryl/α,β-unsaturated/α-hetero) is 1. The molecule has 17 heavy (non-hydrogen) atoms. The third-order valence-corrected chi connectivity index (χ3v) is 3.09. The standard InChI is InChI=1S/C13H16Cl2O2/c1-13(2,3)12(17)11(16)6-8-4-5-9(14)7-10(8)15/h4-5,7,12,17H,6H2,1-3H3. The van der Waals surface area contributed by atoms with E-state index in [1.165, 1.54) is 0 Å². The van der Waals surface area contributed by atoms with Gasteiger partial charge >= 0.3 is 0 Å². The highest BCUT2D eigenvalue weighted by Crippen LogP contribution is 2.25. The largest absolute Gasteiger partial charge is 0.385 e. The van der Waals surface area contributed by atoms with Gasteiger partial charge in [-0.25, -0.2) is 0 Å². The SMILES string of the molecule is CC(C)(C)C(O)C(=O)Cc1ccc(Cl)cc1Cl. The van der Waals surface area contributed by atoms with Crippen LogP contribution >= 0.6 is 23.2 Å². The average Bonchev–Trinajstić information content (AvgIpc) is 2.19. The van der Waals surface area contributed by atoms with Gasteiger partial charge < -0.3 is 5.11 Å². The maximum absolute atomic E-state index is 11.9. The van der Waals surface area contributed by atoms with Gasteiger partial charge in [0.15, 0.2) is 5.78 Å². The first kappa shape index (κ1) is 14.5. The molecule has 0 aliphatic heterocycles. The average molecular weight is 275 g/mol. The summed E-state index contributed by atoms with van der Waals surface area (Å²) in [5, 5.41) is 10.8. The van der Waals surface area contributed by atoms with Crippen LogP contribution in [-0.2, 0) is 11.2 Å². The molecule has 0 aliphatic carbocycles. The summed E-state index contributed by atoms with van der Waals surface area (Å²) >= 11 is 11.7. The van der Waals surface area contributed by atoms with E-state index in [0.717, 1.165) is 0 Å². The third-order valence-electron chi connectivity index (χ3n) is 2.51. The molecule has 0 spiro atoms. The molecule has 0 bridgehead atoms. The lowest BCUT2D eigenvalue weighted by Crippen LogP contribution is -2.35. The molecule has 0 radical (unpaired) electrons. The second kappa shape index (κ2) is 5.38. The van der Waals surface area contributed by atoms with E-state index in [9.17, 15) is 9.90 Å². The molecule has 1 aromatic carbocycles. The molecule has 0 aromatic heterocycles. The zero-order valence-electron chi connectivity index (χ0n) is 10.1. The highest BCUT2D eigenvalue weighted by atomic mass is 35.5. The second-order valence-corrected chi connectivity index (χ2v) is 5.99. The number of benzene rings is 1. The summed E-state index contributed by atoms with van der Waals surface area (Å²) in [5.41, 5.74) is 0.222. The van der Waals surface area contributed by atoms with Crippen LogP contribution in [0.1, 0.15) is 26.3 Å². The number of aliphatic hydroxyl groups excluding tert-OH is 1. The Balaban J connectivity index is 2.82. The maximum atomic E-state index is 11.9. The predicted octanol–water partition coefficient (Wildman–Crippen LogP) is 3.51. The Bertz CT molecular complexity index is 422. The van der Waals surface area contributed by atoms with Crippen molar-refractivity contribution in [1.29, 1.82) is 0 Å². The van der Waals surface area contributed by atoms with E-state index in [1.54, 1.807) is 18.2 Å². The monoisotopic (exact) mass is 274 g/mol. The van der Waals surface area contributed by atoms with Crippen LogP contribution in [0.4, 0.5) is 0 Å². The maximum Gasteiger partial charge on any atom is 0.166 e. The molecule has 1 aromatic rings. The van der Waals surface area contributed by atoms with E-state index in [2.05, 4.69) is 0 Å². The van der Waals surface area contributed by atoms with Crippen molar-refractivity contribution in [2.75, 3.05) is 0 Å². The van der Waals surface area contributed by atoms with Crippen LogP contribution in [0.2, 0.25) is 10.0 Å². The Morgan fingerprint density at radius 1 is 1.35 bits per heavy atom. The topological polar surface area (TPSA) is 37.3 Å². The van der Waals surface area contributed by atoms with Crippen LogP contribution in [0.5, 0.6) is 0 Å². The summed E-state index contributed by atoms with van der Waals surface area (Å²) in [7, 11) is 0. The molecule has 1 atom stereocenters. The van der Waals surface area contributed by atoms with Gasteiger partial charge in [-0.15, -0.1) is 0 Å². The summed E-state index contributed by atoms with van der Waals surface area (Å²) in [4.78, 5) is 11.9. The van der Waals surface area contributed by atoms with Gasteiger partial charge in [0.1, 0.15) is 6.10 Å². The van der Waals surface area contributed by atoms with Gasteiger partial charge in [0.25, 0.3) is 0 Å². The Kier molecular flexibility index (Phi) is 4.59. The fraction of sp³-hybridized carbons (Fsp3) is 0.462. The summed E-state index contributed by atoms with van der Waals surface area (Å²) in [6, 6.07) is 4.98. The Morgan fingerprint density at radius 3 is 2.41 bits per heavy atom. The van der Waals surface area contributed by atoms with Gasteiger partial charge in [-0.2, -0.15) is 0 Å². The van der Waals surface area contributed by atoms with Crippen LogP contribution in [0.3, 0.4) is 0 Å². The fourth-order valence-electron chi connectivity index (χ4n) is 1.43. The molecular weight excluding hydrogens is 259 g/mol. The number of hydrogen-bond donors (Lipinski definition) is 1. The first-order valence-corrected chi connectivity index (χ1v) is 6.12. The number of carbonyl (C=O) groups excluding carboxylic acids is 1. The van der Waals surface area contributed by atoms with Crippen LogP contribution in [0, 0.1) is 5.41 Å². The lowest BCUT2D eigenvalue weighted by molar-refractivity contribution is -0.131. The number of rotatable bonds is 3. The summed E-state index contributed by atoms with van der Waals surface area (Å²) in [6.07, 6.45) is -0.872.